The molecule has 1 aliphatic rings. The van der Waals surface area contributed by atoms with Gasteiger partial charge in [0.1, 0.15) is 0 Å². The highest BCUT2D eigenvalue weighted by Crippen LogP contribution is 2.25. The Morgan fingerprint density at radius 2 is 1.85 bits per heavy atom. The van der Waals surface area contributed by atoms with Crippen molar-refractivity contribution in [3.05, 3.63) is 28.2 Å². The van der Waals surface area contributed by atoms with Gasteiger partial charge in [0, 0.05) is 16.6 Å². The van der Waals surface area contributed by atoms with Crippen molar-refractivity contribution >= 4 is 38.4 Å². The minimum absolute atomic E-state index is 0. The fourth-order valence-corrected chi connectivity index (χ4v) is 4.69. The summed E-state index contributed by atoms with van der Waals surface area (Å²) in [6, 6.07) is 5.54. The molecule has 3 N–H and O–H groups in total. The van der Waals surface area contributed by atoms with E-state index in [0.717, 1.165) is 31.2 Å². The van der Waals surface area contributed by atoms with Crippen molar-refractivity contribution in [1.82, 2.24) is 4.72 Å². The van der Waals surface area contributed by atoms with Crippen molar-refractivity contribution in [1.29, 1.82) is 0 Å². The van der Waals surface area contributed by atoms with Crippen LogP contribution in [0.1, 0.15) is 31.2 Å². The molecule has 20 heavy (non-hydrogen) atoms. The summed E-state index contributed by atoms with van der Waals surface area (Å²) in [5.41, 5.74) is 6.76. The van der Waals surface area contributed by atoms with E-state index in [1.165, 1.54) is 0 Å². The Hall–Kier alpha value is -0.140. The van der Waals surface area contributed by atoms with E-state index in [2.05, 4.69) is 20.7 Å². The molecule has 0 radical (unpaired) electrons. The van der Waals surface area contributed by atoms with E-state index >= 15 is 0 Å². The first-order valence-electron chi connectivity index (χ1n) is 6.42. The summed E-state index contributed by atoms with van der Waals surface area (Å²) in [6.07, 6.45) is 3.37. The Morgan fingerprint density at radius 3 is 2.45 bits per heavy atom. The molecule has 7 heteroatoms. The number of nitrogens with two attached hydrogens (primary N) is 1. The maximum atomic E-state index is 12.4. The van der Waals surface area contributed by atoms with Gasteiger partial charge in [-0.1, -0.05) is 6.07 Å². The summed E-state index contributed by atoms with van der Waals surface area (Å²) < 4.78 is 28.1. The van der Waals surface area contributed by atoms with Gasteiger partial charge in [-0.2, -0.15) is 0 Å². The molecule has 0 saturated heterocycles. The van der Waals surface area contributed by atoms with Crippen LogP contribution in [0.5, 0.6) is 0 Å². The summed E-state index contributed by atoms with van der Waals surface area (Å²) in [6.45, 7) is 1.88. The molecule has 0 atom stereocenters. The molecule has 1 aromatic carbocycles. The van der Waals surface area contributed by atoms with Gasteiger partial charge in [-0.3, -0.25) is 0 Å². The molecule has 114 valence electrons. The number of nitrogens with one attached hydrogen (secondary N) is 1. The van der Waals surface area contributed by atoms with Crippen molar-refractivity contribution in [2.24, 2.45) is 5.73 Å². The van der Waals surface area contributed by atoms with Crippen LogP contribution in [-0.2, 0) is 10.0 Å². The number of sulfonamides is 1. The third kappa shape index (κ3) is 4.43. The molecular weight excluding hydrogens is 364 g/mol. The summed E-state index contributed by atoms with van der Waals surface area (Å²) in [4.78, 5) is 0.308. The van der Waals surface area contributed by atoms with Gasteiger partial charge in [-0.05, 0) is 66.2 Å². The lowest BCUT2D eigenvalue weighted by Gasteiger charge is -2.26. The molecule has 1 fully saturated rings. The molecule has 4 nitrogen and oxygen atoms in total. The zero-order valence-electron chi connectivity index (χ0n) is 11.3. The minimum atomic E-state index is -3.47. The van der Waals surface area contributed by atoms with E-state index in [1.807, 2.05) is 13.0 Å². The van der Waals surface area contributed by atoms with E-state index in [0.29, 0.717) is 9.37 Å². The van der Waals surface area contributed by atoms with Gasteiger partial charge in [0.15, 0.2) is 0 Å². The van der Waals surface area contributed by atoms with Gasteiger partial charge < -0.3 is 5.73 Å². The SMILES string of the molecule is Cc1ccc(Br)c(S(=O)(=O)NC2CCC(N)CC2)c1.Cl. The molecule has 0 aromatic heterocycles. The molecule has 2 rings (SSSR count). The summed E-state index contributed by atoms with van der Waals surface area (Å²) in [5.74, 6) is 0. The third-order valence-corrected chi connectivity index (χ3v) is 5.98. The van der Waals surface area contributed by atoms with Gasteiger partial charge >= 0.3 is 0 Å². The van der Waals surface area contributed by atoms with Crippen molar-refractivity contribution in [2.75, 3.05) is 0 Å². The number of rotatable bonds is 3. The molecule has 1 aromatic rings. The molecule has 0 amide bonds. The quantitative estimate of drug-likeness (QED) is 0.843. The standard InChI is InChI=1S/C13H19BrN2O2S.ClH/c1-9-2-7-12(14)13(8-9)19(17,18)16-11-5-3-10(15)4-6-11;/h2,7-8,10-11,16H,3-6,15H2,1H3;1H. The average Bonchev–Trinajstić information content (AvgIpc) is 2.35. The van der Waals surface area contributed by atoms with Crippen LogP contribution in [0.25, 0.3) is 0 Å². The molecule has 0 unspecified atom stereocenters. The van der Waals surface area contributed by atoms with Gasteiger partial charge in [0.25, 0.3) is 0 Å². The van der Waals surface area contributed by atoms with Crippen LogP contribution in [0.3, 0.4) is 0 Å². The lowest BCUT2D eigenvalue weighted by Crippen LogP contribution is -2.40. The number of halogens is 2. The van der Waals surface area contributed by atoms with E-state index in [9.17, 15) is 8.42 Å². The van der Waals surface area contributed by atoms with Crippen LogP contribution in [-0.4, -0.2) is 20.5 Å². The predicted molar refractivity (Wildman–Crippen MR) is 86.7 cm³/mol. The topological polar surface area (TPSA) is 72.2 Å². The smallest absolute Gasteiger partial charge is 0.241 e. The lowest BCUT2D eigenvalue weighted by atomic mass is 9.93. The maximum absolute atomic E-state index is 12.4. The van der Waals surface area contributed by atoms with E-state index in [-0.39, 0.29) is 24.5 Å². The van der Waals surface area contributed by atoms with Crippen LogP contribution >= 0.6 is 28.3 Å². The Balaban J connectivity index is 0.00000200. The molecule has 1 aliphatic carbocycles. The average molecular weight is 384 g/mol. The second kappa shape index (κ2) is 7.22. The highest BCUT2D eigenvalue weighted by atomic mass is 79.9. The lowest BCUT2D eigenvalue weighted by molar-refractivity contribution is 0.373. The Labute approximate surface area is 135 Å². The van der Waals surface area contributed by atoms with Gasteiger partial charge in [-0.15, -0.1) is 12.4 Å². The summed E-state index contributed by atoms with van der Waals surface area (Å²) in [5, 5.41) is 0. The highest BCUT2D eigenvalue weighted by Gasteiger charge is 2.25. The highest BCUT2D eigenvalue weighted by molar-refractivity contribution is 9.10. The van der Waals surface area contributed by atoms with Gasteiger partial charge in [0.2, 0.25) is 10.0 Å². The van der Waals surface area contributed by atoms with Gasteiger partial charge in [0.05, 0.1) is 4.90 Å². The van der Waals surface area contributed by atoms with Crippen molar-refractivity contribution in [3.8, 4) is 0 Å². The van der Waals surface area contributed by atoms with Crippen LogP contribution in [0, 0.1) is 6.92 Å². The largest absolute Gasteiger partial charge is 0.328 e. The molecule has 0 spiro atoms. The van der Waals surface area contributed by atoms with Crippen molar-refractivity contribution in [3.63, 3.8) is 0 Å². The number of hydrogen-bond acceptors (Lipinski definition) is 3. The number of benzene rings is 1. The first-order chi connectivity index (χ1) is 8.88. The third-order valence-electron chi connectivity index (χ3n) is 3.47. The summed E-state index contributed by atoms with van der Waals surface area (Å²) in [7, 11) is -3.47. The van der Waals surface area contributed by atoms with Crippen molar-refractivity contribution < 1.29 is 8.42 Å². The zero-order chi connectivity index (χ0) is 14.0. The van der Waals surface area contributed by atoms with Crippen LogP contribution in [0.15, 0.2) is 27.6 Å². The fourth-order valence-electron chi connectivity index (χ4n) is 2.34. The molecule has 0 aliphatic heterocycles. The van der Waals surface area contributed by atoms with Gasteiger partial charge in [-0.25, -0.2) is 13.1 Å². The van der Waals surface area contributed by atoms with Crippen LogP contribution in [0.2, 0.25) is 0 Å². The first kappa shape index (κ1) is 17.9. The number of aryl methyl sites for hydroxylation is 1. The first-order valence-corrected chi connectivity index (χ1v) is 8.70. The van der Waals surface area contributed by atoms with E-state index < -0.39 is 10.0 Å². The number of hydrogen-bond donors (Lipinski definition) is 2. The molecular formula is C13H20BrClN2O2S. The molecule has 0 heterocycles. The second-order valence-electron chi connectivity index (χ2n) is 5.17. The normalized spacial score (nSPS) is 23.1. The van der Waals surface area contributed by atoms with E-state index in [4.69, 9.17) is 5.73 Å². The second-order valence-corrected chi connectivity index (χ2v) is 7.70. The fraction of sp³-hybridized carbons (Fsp3) is 0.538. The van der Waals surface area contributed by atoms with Crippen LogP contribution < -0.4 is 10.5 Å². The monoisotopic (exact) mass is 382 g/mol. The molecule has 0 bridgehead atoms. The van der Waals surface area contributed by atoms with E-state index in [1.54, 1.807) is 12.1 Å². The Bertz CT molecular complexity index is 557. The zero-order valence-corrected chi connectivity index (χ0v) is 14.5. The molecule has 1 saturated carbocycles. The Morgan fingerprint density at radius 1 is 1.25 bits per heavy atom. The Kier molecular flexibility index (Phi) is 6.47. The predicted octanol–water partition coefficient (Wildman–Crippen LogP) is 2.73. The maximum Gasteiger partial charge on any atom is 0.241 e. The van der Waals surface area contributed by atoms with Crippen molar-refractivity contribution in [2.45, 2.75) is 49.6 Å². The minimum Gasteiger partial charge on any atom is -0.328 e. The summed E-state index contributed by atoms with van der Waals surface area (Å²) >= 11 is 3.30. The van der Waals surface area contributed by atoms with Crippen LogP contribution in [0.4, 0.5) is 0 Å².